The van der Waals surface area contributed by atoms with Crippen LogP contribution in [0.25, 0.3) is 0 Å². The first-order chi connectivity index (χ1) is 9.47. The van der Waals surface area contributed by atoms with Crippen LogP contribution in [0, 0.1) is 5.92 Å². The highest BCUT2D eigenvalue weighted by molar-refractivity contribution is 7.90. The highest BCUT2D eigenvalue weighted by atomic mass is 32.2. The first-order valence-corrected chi connectivity index (χ1v) is 9.01. The first kappa shape index (κ1) is 13.8. The molecule has 0 aromatic carbocycles. The van der Waals surface area contributed by atoms with Gasteiger partial charge in [0.25, 0.3) is 0 Å². The predicted molar refractivity (Wildman–Crippen MR) is 76.4 cm³/mol. The third-order valence-corrected chi connectivity index (χ3v) is 5.96. The van der Waals surface area contributed by atoms with E-state index in [0.717, 1.165) is 26.1 Å². The number of aromatic amines is 1. The van der Waals surface area contributed by atoms with Crippen molar-refractivity contribution >= 4 is 15.8 Å². The third-order valence-electron chi connectivity index (χ3n) is 4.45. The summed E-state index contributed by atoms with van der Waals surface area (Å²) in [5, 5.41) is 9.79. The highest BCUT2D eigenvalue weighted by Gasteiger charge is 2.37. The Balaban J connectivity index is 1.83. The normalized spacial score (nSPS) is 28.4. The van der Waals surface area contributed by atoms with E-state index in [-0.39, 0.29) is 0 Å². The van der Waals surface area contributed by atoms with E-state index in [9.17, 15) is 8.42 Å². The SMILES string of the molecule is CC(c1nc(N2CCCC3CNCC32)n[nH]1)S(C)(=O)=O. The summed E-state index contributed by atoms with van der Waals surface area (Å²) in [6, 6.07) is 0.431. The summed E-state index contributed by atoms with van der Waals surface area (Å²) in [6.45, 7) is 4.58. The molecule has 112 valence electrons. The summed E-state index contributed by atoms with van der Waals surface area (Å²) in [7, 11) is -3.16. The van der Waals surface area contributed by atoms with Gasteiger partial charge in [0, 0.05) is 31.9 Å². The fourth-order valence-corrected chi connectivity index (χ4v) is 3.61. The molecule has 0 radical (unpaired) electrons. The topological polar surface area (TPSA) is 91.0 Å². The minimum Gasteiger partial charge on any atom is -0.335 e. The number of H-pyrrole nitrogens is 1. The maximum atomic E-state index is 11.6. The summed E-state index contributed by atoms with van der Waals surface area (Å²) in [5.41, 5.74) is 0. The molecule has 3 rings (SSSR count). The Bertz CT molecular complexity index is 584. The zero-order valence-corrected chi connectivity index (χ0v) is 12.7. The Labute approximate surface area is 119 Å². The van der Waals surface area contributed by atoms with E-state index >= 15 is 0 Å². The Morgan fingerprint density at radius 3 is 2.95 bits per heavy atom. The number of hydrogen-bond donors (Lipinski definition) is 2. The summed E-state index contributed by atoms with van der Waals surface area (Å²) < 4.78 is 23.2. The van der Waals surface area contributed by atoms with Crippen molar-refractivity contribution in [3.63, 3.8) is 0 Å². The molecule has 1 aromatic rings. The number of piperidine rings is 1. The molecule has 0 spiro atoms. The average Bonchev–Trinajstić information content (AvgIpc) is 3.05. The maximum Gasteiger partial charge on any atom is 0.245 e. The van der Waals surface area contributed by atoms with Crippen molar-refractivity contribution in [1.29, 1.82) is 0 Å². The molecule has 0 saturated carbocycles. The van der Waals surface area contributed by atoms with Crippen LogP contribution in [0.1, 0.15) is 30.8 Å². The van der Waals surface area contributed by atoms with Crippen molar-refractivity contribution in [2.45, 2.75) is 31.1 Å². The molecular formula is C12H21N5O2S. The van der Waals surface area contributed by atoms with E-state index in [2.05, 4.69) is 25.4 Å². The Morgan fingerprint density at radius 1 is 1.40 bits per heavy atom. The van der Waals surface area contributed by atoms with Gasteiger partial charge in [0.2, 0.25) is 5.95 Å². The second-order valence-electron chi connectivity index (χ2n) is 5.81. The molecule has 3 heterocycles. The van der Waals surface area contributed by atoms with Crippen molar-refractivity contribution < 1.29 is 8.42 Å². The molecule has 8 heteroatoms. The second-order valence-corrected chi connectivity index (χ2v) is 8.18. The van der Waals surface area contributed by atoms with Crippen LogP contribution in [0.2, 0.25) is 0 Å². The standard InChI is InChI=1S/C12H21N5O2S/c1-8(20(2,18)19)11-14-12(16-15-11)17-5-3-4-9-6-13-7-10(9)17/h8-10,13H,3-7H2,1-2H3,(H,14,15,16). The molecular weight excluding hydrogens is 278 g/mol. The minimum atomic E-state index is -3.16. The van der Waals surface area contributed by atoms with E-state index in [4.69, 9.17) is 0 Å². The lowest BCUT2D eigenvalue weighted by atomic mass is 9.92. The largest absolute Gasteiger partial charge is 0.335 e. The lowest BCUT2D eigenvalue weighted by Gasteiger charge is -2.36. The zero-order chi connectivity index (χ0) is 14.3. The van der Waals surface area contributed by atoms with E-state index in [1.54, 1.807) is 6.92 Å². The summed E-state index contributed by atoms with van der Waals surface area (Å²) in [4.78, 5) is 6.62. The lowest BCUT2D eigenvalue weighted by molar-refractivity contribution is 0.381. The number of aromatic nitrogens is 3. The maximum absolute atomic E-state index is 11.6. The molecule has 1 aromatic heterocycles. The summed E-state index contributed by atoms with van der Waals surface area (Å²) in [6.07, 6.45) is 3.59. The highest BCUT2D eigenvalue weighted by Crippen LogP contribution is 2.29. The van der Waals surface area contributed by atoms with Gasteiger partial charge in [0.05, 0.1) is 0 Å². The molecule has 3 atom stereocenters. The van der Waals surface area contributed by atoms with Crippen LogP contribution in [0.15, 0.2) is 0 Å². The van der Waals surface area contributed by atoms with Crippen molar-refractivity contribution in [2.24, 2.45) is 5.92 Å². The van der Waals surface area contributed by atoms with Gasteiger partial charge >= 0.3 is 0 Å². The number of fused-ring (bicyclic) bond motifs is 1. The van der Waals surface area contributed by atoms with Gasteiger partial charge in [-0.2, -0.15) is 4.98 Å². The van der Waals surface area contributed by atoms with Gasteiger partial charge in [-0.3, -0.25) is 5.10 Å². The molecule has 2 saturated heterocycles. The average molecular weight is 299 g/mol. The van der Waals surface area contributed by atoms with Crippen molar-refractivity contribution in [2.75, 3.05) is 30.8 Å². The van der Waals surface area contributed by atoms with E-state index in [1.807, 2.05) is 0 Å². The summed E-state index contributed by atoms with van der Waals surface area (Å²) >= 11 is 0. The van der Waals surface area contributed by atoms with Crippen LogP contribution in [0.3, 0.4) is 0 Å². The molecule has 3 unspecified atom stereocenters. The number of sulfone groups is 1. The molecule has 2 fully saturated rings. The predicted octanol–water partition coefficient (Wildman–Crippen LogP) is 0.0985. The van der Waals surface area contributed by atoms with Gasteiger partial charge in [-0.05, 0) is 25.7 Å². The van der Waals surface area contributed by atoms with Crippen molar-refractivity contribution in [3.8, 4) is 0 Å². The van der Waals surface area contributed by atoms with E-state index < -0.39 is 15.1 Å². The second kappa shape index (κ2) is 5.00. The van der Waals surface area contributed by atoms with Gasteiger partial charge in [-0.25, -0.2) is 8.42 Å². The smallest absolute Gasteiger partial charge is 0.245 e. The van der Waals surface area contributed by atoms with Crippen LogP contribution in [-0.4, -0.2) is 55.5 Å². The van der Waals surface area contributed by atoms with Crippen LogP contribution < -0.4 is 10.2 Å². The zero-order valence-electron chi connectivity index (χ0n) is 11.8. The summed E-state index contributed by atoms with van der Waals surface area (Å²) in [5.74, 6) is 1.71. The molecule has 0 amide bonds. The number of nitrogens with zero attached hydrogens (tertiary/aromatic N) is 3. The van der Waals surface area contributed by atoms with Crippen molar-refractivity contribution in [1.82, 2.24) is 20.5 Å². The van der Waals surface area contributed by atoms with Gasteiger partial charge in [-0.15, -0.1) is 5.10 Å². The van der Waals surface area contributed by atoms with Gasteiger partial charge < -0.3 is 10.2 Å². The lowest BCUT2D eigenvalue weighted by Crippen LogP contribution is -2.45. The quantitative estimate of drug-likeness (QED) is 0.822. The van der Waals surface area contributed by atoms with Crippen LogP contribution in [0.4, 0.5) is 5.95 Å². The molecule has 2 aliphatic rings. The Hall–Kier alpha value is -1.15. The molecule has 20 heavy (non-hydrogen) atoms. The molecule has 0 aliphatic carbocycles. The van der Waals surface area contributed by atoms with E-state index in [0.29, 0.717) is 23.7 Å². The Morgan fingerprint density at radius 2 is 2.20 bits per heavy atom. The minimum absolute atomic E-state index is 0.426. The van der Waals surface area contributed by atoms with Crippen LogP contribution in [0.5, 0.6) is 0 Å². The molecule has 2 aliphatic heterocycles. The number of rotatable bonds is 3. The fraction of sp³-hybridized carbons (Fsp3) is 0.833. The van der Waals surface area contributed by atoms with Crippen LogP contribution in [-0.2, 0) is 9.84 Å². The van der Waals surface area contributed by atoms with Gasteiger partial charge in [0.15, 0.2) is 9.84 Å². The van der Waals surface area contributed by atoms with Gasteiger partial charge in [0.1, 0.15) is 11.1 Å². The number of hydrogen-bond acceptors (Lipinski definition) is 6. The van der Waals surface area contributed by atoms with Crippen molar-refractivity contribution in [3.05, 3.63) is 5.82 Å². The molecule has 0 bridgehead atoms. The Kier molecular flexibility index (Phi) is 3.45. The molecule has 2 N–H and O–H groups in total. The van der Waals surface area contributed by atoms with E-state index in [1.165, 1.54) is 12.7 Å². The fourth-order valence-electron chi connectivity index (χ4n) is 3.09. The number of nitrogens with one attached hydrogen (secondary N) is 2. The number of anilines is 1. The first-order valence-electron chi connectivity index (χ1n) is 7.05. The molecule has 7 nitrogen and oxygen atoms in total. The monoisotopic (exact) mass is 299 g/mol. The van der Waals surface area contributed by atoms with Gasteiger partial charge in [-0.1, -0.05) is 0 Å². The third kappa shape index (κ3) is 2.42. The van der Waals surface area contributed by atoms with Crippen LogP contribution >= 0.6 is 0 Å².